The molecule has 92 valence electrons. The SMILES string of the molecule is CC(C)(C)OC(=O)N1CC[C@@H](CC(=O)O)C1. The van der Waals surface area contributed by atoms with Gasteiger partial charge in [-0.1, -0.05) is 0 Å². The number of rotatable bonds is 2. The van der Waals surface area contributed by atoms with Crippen molar-refractivity contribution >= 4 is 12.1 Å². The highest BCUT2D eigenvalue weighted by Gasteiger charge is 2.30. The Kier molecular flexibility index (Phi) is 3.78. The smallest absolute Gasteiger partial charge is 0.410 e. The number of ether oxygens (including phenoxy) is 1. The highest BCUT2D eigenvalue weighted by Crippen LogP contribution is 2.21. The van der Waals surface area contributed by atoms with Crippen LogP contribution in [0.3, 0.4) is 0 Å². The van der Waals surface area contributed by atoms with Crippen LogP contribution in [-0.4, -0.2) is 40.8 Å². The summed E-state index contributed by atoms with van der Waals surface area (Å²) in [6, 6.07) is 0. The number of likely N-dealkylation sites (tertiary alicyclic amines) is 1. The molecule has 0 aliphatic carbocycles. The van der Waals surface area contributed by atoms with Crippen LogP contribution in [0.2, 0.25) is 0 Å². The van der Waals surface area contributed by atoms with Crippen molar-refractivity contribution in [1.29, 1.82) is 0 Å². The highest BCUT2D eigenvalue weighted by molar-refractivity contribution is 5.69. The molecule has 1 atom stereocenters. The van der Waals surface area contributed by atoms with Crippen molar-refractivity contribution < 1.29 is 19.4 Å². The zero-order valence-corrected chi connectivity index (χ0v) is 10.0. The van der Waals surface area contributed by atoms with Gasteiger partial charge in [-0.25, -0.2) is 4.79 Å². The van der Waals surface area contributed by atoms with Gasteiger partial charge in [-0.15, -0.1) is 0 Å². The van der Waals surface area contributed by atoms with Gasteiger partial charge < -0.3 is 14.7 Å². The zero-order chi connectivity index (χ0) is 12.3. The molecular formula is C11H19NO4. The average molecular weight is 229 g/mol. The van der Waals surface area contributed by atoms with Gasteiger partial charge in [0.15, 0.2) is 0 Å². The van der Waals surface area contributed by atoms with Gasteiger partial charge in [-0.2, -0.15) is 0 Å². The molecule has 1 aliphatic rings. The molecule has 0 unspecified atom stereocenters. The summed E-state index contributed by atoms with van der Waals surface area (Å²) in [5.74, 6) is -0.749. The number of nitrogens with zero attached hydrogens (tertiary/aromatic N) is 1. The van der Waals surface area contributed by atoms with Crippen LogP contribution in [0.15, 0.2) is 0 Å². The maximum absolute atomic E-state index is 11.6. The fourth-order valence-electron chi connectivity index (χ4n) is 1.74. The molecule has 1 amide bonds. The topological polar surface area (TPSA) is 66.8 Å². The molecule has 5 nitrogen and oxygen atoms in total. The average Bonchev–Trinajstić information content (AvgIpc) is 2.48. The van der Waals surface area contributed by atoms with E-state index in [1.807, 2.05) is 20.8 Å². The third-order valence-corrected chi connectivity index (χ3v) is 2.40. The zero-order valence-electron chi connectivity index (χ0n) is 10.0. The number of hydrogen-bond acceptors (Lipinski definition) is 3. The number of aliphatic carboxylic acids is 1. The van der Waals surface area contributed by atoms with Crippen molar-refractivity contribution in [2.24, 2.45) is 5.92 Å². The molecule has 0 radical (unpaired) electrons. The Bertz CT molecular complexity index is 282. The van der Waals surface area contributed by atoms with Crippen molar-refractivity contribution in [1.82, 2.24) is 4.90 Å². The van der Waals surface area contributed by atoms with E-state index in [9.17, 15) is 9.59 Å². The van der Waals surface area contributed by atoms with E-state index in [4.69, 9.17) is 9.84 Å². The van der Waals surface area contributed by atoms with Crippen molar-refractivity contribution in [3.63, 3.8) is 0 Å². The van der Waals surface area contributed by atoms with E-state index in [2.05, 4.69) is 0 Å². The van der Waals surface area contributed by atoms with Gasteiger partial charge in [0.25, 0.3) is 0 Å². The molecule has 1 fully saturated rings. The van der Waals surface area contributed by atoms with E-state index in [1.54, 1.807) is 4.90 Å². The third kappa shape index (κ3) is 4.08. The first-order chi connectivity index (χ1) is 7.28. The standard InChI is InChI=1S/C11H19NO4/c1-11(2,3)16-10(15)12-5-4-8(7-12)6-9(13)14/h8H,4-7H2,1-3H3,(H,13,14)/t8-/m0/s1. The van der Waals surface area contributed by atoms with Crippen LogP contribution in [0, 0.1) is 5.92 Å². The fourth-order valence-corrected chi connectivity index (χ4v) is 1.74. The molecule has 0 aromatic rings. The lowest BCUT2D eigenvalue weighted by molar-refractivity contribution is -0.138. The van der Waals surface area contributed by atoms with Gasteiger partial charge in [-0.05, 0) is 33.1 Å². The second-order valence-corrected chi connectivity index (χ2v) is 5.18. The summed E-state index contributed by atoms with van der Waals surface area (Å²) in [7, 11) is 0. The summed E-state index contributed by atoms with van der Waals surface area (Å²) in [6.07, 6.45) is 0.519. The molecule has 5 heteroatoms. The Hall–Kier alpha value is -1.26. The second-order valence-electron chi connectivity index (χ2n) is 5.18. The van der Waals surface area contributed by atoms with E-state index in [1.165, 1.54) is 0 Å². The predicted molar refractivity (Wildman–Crippen MR) is 58.2 cm³/mol. The molecular weight excluding hydrogens is 210 g/mol. The first-order valence-corrected chi connectivity index (χ1v) is 5.47. The quantitative estimate of drug-likeness (QED) is 0.782. The Morgan fingerprint density at radius 3 is 2.56 bits per heavy atom. The van der Waals surface area contributed by atoms with Crippen molar-refractivity contribution in [3.05, 3.63) is 0 Å². The van der Waals surface area contributed by atoms with Crippen molar-refractivity contribution in [2.75, 3.05) is 13.1 Å². The number of hydrogen-bond donors (Lipinski definition) is 1. The Morgan fingerprint density at radius 1 is 1.44 bits per heavy atom. The van der Waals surface area contributed by atoms with Crippen LogP contribution >= 0.6 is 0 Å². The van der Waals surface area contributed by atoms with Crippen LogP contribution in [0.1, 0.15) is 33.6 Å². The summed E-state index contributed by atoms with van der Waals surface area (Å²) in [5, 5.41) is 8.65. The highest BCUT2D eigenvalue weighted by atomic mass is 16.6. The minimum Gasteiger partial charge on any atom is -0.481 e. The van der Waals surface area contributed by atoms with Gasteiger partial charge in [0.2, 0.25) is 0 Å². The van der Waals surface area contributed by atoms with E-state index in [-0.39, 0.29) is 18.4 Å². The third-order valence-electron chi connectivity index (χ3n) is 2.40. The summed E-state index contributed by atoms with van der Waals surface area (Å²) in [5.41, 5.74) is -0.498. The molecule has 0 saturated carbocycles. The van der Waals surface area contributed by atoms with E-state index in [0.717, 1.165) is 6.42 Å². The molecule has 1 N–H and O–H groups in total. The van der Waals surface area contributed by atoms with Crippen LogP contribution in [0.25, 0.3) is 0 Å². The van der Waals surface area contributed by atoms with Gasteiger partial charge in [-0.3, -0.25) is 4.79 Å². The summed E-state index contributed by atoms with van der Waals surface area (Å²) in [4.78, 5) is 23.8. The Morgan fingerprint density at radius 2 is 2.06 bits per heavy atom. The maximum atomic E-state index is 11.6. The number of carboxylic acids is 1. The van der Waals surface area contributed by atoms with E-state index in [0.29, 0.717) is 13.1 Å². The van der Waals surface area contributed by atoms with Gasteiger partial charge in [0.1, 0.15) is 5.60 Å². The van der Waals surface area contributed by atoms with Crippen LogP contribution in [0.5, 0.6) is 0 Å². The lowest BCUT2D eigenvalue weighted by atomic mass is 10.1. The van der Waals surface area contributed by atoms with Gasteiger partial charge in [0, 0.05) is 19.5 Å². The molecule has 16 heavy (non-hydrogen) atoms. The normalized spacial score (nSPS) is 20.9. The summed E-state index contributed by atoms with van der Waals surface area (Å²) in [6.45, 7) is 6.52. The van der Waals surface area contributed by atoms with Gasteiger partial charge in [0.05, 0.1) is 0 Å². The predicted octanol–water partition coefficient (Wildman–Crippen LogP) is 1.72. The van der Waals surface area contributed by atoms with Crippen LogP contribution in [-0.2, 0) is 9.53 Å². The molecule has 1 rings (SSSR count). The first-order valence-electron chi connectivity index (χ1n) is 5.47. The second kappa shape index (κ2) is 4.72. The monoisotopic (exact) mass is 229 g/mol. The molecule has 1 heterocycles. The number of amides is 1. The van der Waals surface area contributed by atoms with E-state index < -0.39 is 11.6 Å². The molecule has 0 aromatic carbocycles. The van der Waals surface area contributed by atoms with Crippen LogP contribution < -0.4 is 0 Å². The first kappa shape index (κ1) is 12.8. The Labute approximate surface area is 95.4 Å². The molecule has 1 saturated heterocycles. The van der Waals surface area contributed by atoms with Crippen molar-refractivity contribution in [2.45, 2.75) is 39.2 Å². The molecule has 0 spiro atoms. The fraction of sp³-hybridized carbons (Fsp3) is 0.818. The number of carboxylic acid groups (broad SMARTS) is 1. The largest absolute Gasteiger partial charge is 0.481 e. The molecule has 0 aromatic heterocycles. The van der Waals surface area contributed by atoms with Crippen LogP contribution in [0.4, 0.5) is 4.79 Å². The molecule has 0 bridgehead atoms. The Balaban J connectivity index is 2.41. The summed E-state index contributed by atoms with van der Waals surface area (Å²) >= 11 is 0. The van der Waals surface area contributed by atoms with Gasteiger partial charge >= 0.3 is 12.1 Å². The minimum atomic E-state index is -0.809. The minimum absolute atomic E-state index is 0.0602. The van der Waals surface area contributed by atoms with E-state index >= 15 is 0 Å². The number of carbonyl (C=O) groups excluding carboxylic acids is 1. The maximum Gasteiger partial charge on any atom is 0.410 e. The molecule has 1 aliphatic heterocycles. The lowest BCUT2D eigenvalue weighted by Gasteiger charge is -2.24. The number of carbonyl (C=O) groups is 2. The lowest BCUT2D eigenvalue weighted by Crippen LogP contribution is -2.35. The summed E-state index contributed by atoms with van der Waals surface area (Å²) < 4.78 is 5.21. The van der Waals surface area contributed by atoms with Crippen molar-refractivity contribution in [3.8, 4) is 0 Å².